The molecular weight excluding hydrogens is 127 g/mol. The second-order valence-electron chi connectivity index (χ2n) is 2.71. The average molecular weight is 145 g/mol. The van der Waals surface area contributed by atoms with Crippen LogP contribution in [0.1, 0.15) is 51.9 Å². The fourth-order valence-electron chi connectivity index (χ4n) is 1.00. The third-order valence-electron chi connectivity index (χ3n) is 1.67. The van der Waals surface area contributed by atoms with Gasteiger partial charge in [-0.1, -0.05) is 45.4 Å². The molecule has 1 heteroatoms. The molecule has 0 aliphatic heterocycles. The molecule has 0 aromatic carbocycles. The SMILES string of the molecule is CCCCCCCC[CH]F. The Kier molecular flexibility index (Phi) is 8.87. The Hall–Kier alpha value is -0.0700. The molecule has 0 unspecified atom stereocenters. The fourth-order valence-corrected chi connectivity index (χ4v) is 1.00. The summed E-state index contributed by atoms with van der Waals surface area (Å²) in [6, 6.07) is 0. The number of hydrogen-bond acceptors (Lipinski definition) is 0. The zero-order chi connectivity index (χ0) is 7.66. The molecule has 0 spiro atoms. The molecular formula is C9H18F. The Bertz CT molecular complexity index is 44.7. The van der Waals surface area contributed by atoms with E-state index in [0.29, 0.717) is 6.42 Å². The minimum absolute atomic E-state index is 0.645. The molecule has 0 aliphatic rings. The van der Waals surface area contributed by atoms with E-state index in [-0.39, 0.29) is 0 Å². The summed E-state index contributed by atoms with van der Waals surface area (Å²) in [4.78, 5) is 0. The number of unbranched alkanes of at least 4 members (excludes halogenated alkanes) is 6. The molecule has 0 aromatic heterocycles. The van der Waals surface area contributed by atoms with E-state index >= 15 is 0 Å². The van der Waals surface area contributed by atoms with Crippen LogP contribution in [0.5, 0.6) is 0 Å². The van der Waals surface area contributed by atoms with Gasteiger partial charge in [0.25, 0.3) is 0 Å². The molecule has 0 aliphatic carbocycles. The van der Waals surface area contributed by atoms with Gasteiger partial charge in [-0.2, -0.15) is 0 Å². The van der Waals surface area contributed by atoms with Crippen molar-refractivity contribution in [2.75, 3.05) is 0 Å². The van der Waals surface area contributed by atoms with Crippen LogP contribution in [0.4, 0.5) is 4.39 Å². The Morgan fingerprint density at radius 2 is 1.60 bits per heavy atom. The second kappa shape index (κ2) is 8.93. The van der Waals surface area contributed by atoms with Crippen molar-refractivity contribution in [3.8, 4) is 0 Å². The number of rotatable bonds is 7. The molecule has 0 nitrogen and oxygen atoms in total. The smallest absolute Gasteiger partial charge is 0.131 e. The first-order valence-corrected chi connectivity index (χ1v) is 4.33. The highest BCUT2D eigenvalue weighted by Gasteiger charge is 1.88. The largest absolute Gasteiger partial charge is 0.244 e. The van der Waals surface area contributed by atoms with Crippen molar-refractivity contribution in [1.82, 2.24) is 0 Å². The van der Waals surface area contributed by atoms with Crippen LogP contribution in [-0.2, 0) is 0 Å². The zero-order valence-corrected chi connectivity index (χ0v) is 6.91. The van der Waals surface area contributed by atoms with Gasteiger partial charge in [0, 0.05) is 0 Å². The summed E-state index contributed by atoms with van der Waals surface area (Å²) < 4.78 is 11.4. The molecule has 0 fully saturated rings. The minimum Gasteiger partial charge on any atom is -0.244 e. The molecule has 10 heavy (non-hydrogen) atoms. The van der Waals surface area contributed by atoms with Crippen LogP contribution in [0.3, 0.4) is 0 Å². The third kappa shape index (κ3) is 7.93. The molecule has 0 N–H and O–H groups in total. The van der Waals surface area contributed by atoms with Gasteiger partial charge in [0.1, 0.15) is 6.67 Å². The van der Waals surface area contributed by atoms with E-state index in [1.54, 1.807) is 0 Å². The molecule has 0 rings (SSSR count). The molecule has 0 aromatic rings. The Morgan fingerprint density at radius 1 is 1.00 bits per heavy atom. The van der Waals surface area contributed by atoms with Crippen LogP contribution < -0.4 is 0 Å². The van der Waals surface area contributed by atoms with E-state index < -0.39 is 0 Å². The van der Waals surface area contributed by atoms with Crippen LogP contribution in [0.15, 0.2) is 0 Å². The second-order valence-corrected chi connectivity index (χ2v) is 2.71. The van der Waals surface area contributed by atoms with E-state index in [2.05, 4.69) is 6.92 Å². The predicted octanol–water partition coefficient (Wildman–Crippen LogP) is 3.87. The van der Waals surface area contributed by atoms with Crippen LogP contribution >= 0.6 is 0 Å². The van der Waals surface area contributed by atoms with Crippen molar-refractivity contribution in [2.45, 2.75) is 51.9 Å². The molecule has 0 saturated carbocycles. The Balaban J connectivity index is 2.65. The molecule has 61 valence electrons. The van der Waals surface area contributed by atoms with Crippen molar-refractivity contribution < 1.29 is 4.39 Å². The predicted molar refractivity (Wildman–Crippen MR) is 43.4 cm³/mol. The van der Waals surface area contributed by atoms with Crippen LogP contribution in [0.25, 0.3) is 0 Å². The van der Waals surface area contributed by atoms with E-state index in [4.69, 9.17) is 0 Å². The normalized spacial score (nSPS) is 10.2. The first-order chi connectivity index (χ1) is 4.91. The Labute approximate surface area is 63.8 Å². The summed E-state index contributed by atoms with van der Waals surface area (Å²) in [5.41, 5.74) is 0. The van der Waals surface area contributed by atoms with Gasteiger partial charge in [-0.15, -0.1) is 0 Å². The number of halogens is 1. The monoisotopic (exact) mass is 145 g/mol. The highest BCUT2D eigenvalue weighted by atomic mass is 19.1. The van der Waals surface area contributed by atoms with E-state index in [0.717, 1.165) is 13.1 Å². The van der Waals surface area contributed by atoms with E-state index in [9.17, 15) is 4.39 Å². The van der Waals surface area contributed by atoms with Gasteiger partial charge in [0.05, 0.1) is 0 Å². The first-order valence-electron chi connectivity index (χ1n) is 4.33. The molecule has 0 atom stereocenters. The van der Waals surface area contributed by atoms with Gasteiger partial charge in [-0.05, 0) is 6.42 Å². The lowest BCUT2D eigenvalue weighted by atomic mass is 10.1. The lowest BCUT2D eigenvalue weighted by molar-refractivity contribution is 0.532. The average Bonchev–Trinajstić information content (AvgIpc) is 1.97. The highest BCUT2D eigenvalue weighted by Crippen LogP contribution is 2.07. The summed E-state index contributed by atoms with van der Waals surface area (Å²) in [6.45, 7) is 2.97. The van der Waals surface area contributed by atoms with Gasteiger partial charge in [0.15, 0.2) is 0 Å². The highest BCUT2D eigenvalue weighted by molar-refractivity contribution is 4.49. The van der Waals surface area contributed by atoms with E-state index in [1.165, 1.54) is 32.1 Å². The van der Waals surface area contributed by atoms with Gasteiger partial charge >= 0.3 is 0 Å². The van der Waals surface area contributed by atoms with Crippen molar-refractivity contribution in [3.63, 3.8) is 0 Å². The standard InChI is InChI=1S/C9H18F/c1-2-3-4-5-6-7-8-9-10/h9H,2-8H2,1H3. The zero-order valence-electron chi connectivity index (χ0n) is 6.91. The lowest BCUT2D eigenvalue weighted by Crippen LogP contribution is -1.77. The van der Waals surface area contributed by atoms with Crippen molar-refractivity contribution in [2.24, 2.45) is 0 Å². The van der Waals surface area contributed by atoms with Crippen LogP contribution in [0.2, 0.25) is 0 Å². The van der Waals surface area contributed by atoms with Gasteiger partial charge in [-0.3, -0.25) is 0 Å². The maximum absolute atomic E-state index is 11.4. The quantitative estimate of drug-likeness (QED) is 0.477. The molecule has 1 radical (unpaired) electrons. The maximum atomic E-state index is 11.4. The topological polar surface area (TPSA) is 0 Å². The van der Waals surface area contributed by atoms with E-state index in [1.807, 2.05) is 0 Å². The van der Waals surface area contributed by atoms with Crippen LogP contribution in [-0.4, -0.2) is 0 Å². The van der Waals surface area contributed by atoms with Gasteiger partial charge in [0.2, 0.25) is 0 Å². The van der Waals surface area contributed by atoms with Gasteiger partial charge < -0.3 is 0 Å². The summed E-state index contributed by atoms with van der Waals surface area (Å²) in [6.07, 6.45) is 8.09. The minimum atomic E-state index is 0.645. The summed E-state index contributed by atoms with van der Waals surface area (Å²) >= 11 is 0. The summed E-state index contributed by atoms with van der Waals surface area (Å²) in [7, 11) is 0. The third-order valence-corrected chi connectivity index (χ3v) is 1.67. The van der Waals surface area contributed by atoms with Gasteiger partial charge in [-0.25, -0.2) is 4.39 Å². The lowest BCUT2D eigenvalue weighted by Gasteiger charge is -1.96. The van der Waals surface area contributed by atoms with Crippen LogP contribution in [0, 0.1) is 6.67 Å². The fraction of sp³-hybridized carbons (Fsp3) is 0.889. The first kappa shape index (κ1) is 9.93. The molecule has 0 saturated heterocycles. The van der Waals surface area contributed by atoms with Crippen molar-refractivity contribution >= 4 is 0 Å². The number of hydrogen-bond donors (Lipinski definition) is 0. The summed E-state index contributed by atoms with van der Waals surface area (Å²) in [5.74, 6) is 0. The Morgan fingerprint density at radius 3 is 2.20 bits per heavy atom. The molecule has 0 bridgehead atoms. The van der Waals surface area contributed by atoms with Crippen molar-refractivity contribution in [1.29, 1.82) is 0 Å². The molecule has 0 heterocycles. The maximum Gasteiger partial charge on any atom is 0.131 e. The summed E-state index contributed by atoms with van der Waals surface area (Å²) in [5, 5.41) is 0. The van der Waals surface area contributed by atoms with Crippen molar-refractivity contribution in [3.05, 3.63) is 6.67 Å². The molecule has 0 amide bonds.